The Morgan fingerprint density at radius 1 is 1.24 bits per heavy atom. The SMILES string of the molecule is COCCCCNS(=O)(=O)c1ccc(OCC(=O)O)cc1. The highest BCUT2D eigenvalue weighted by molar-refractivity contribution is 7.89. The lowest BCUT2D eigenvalue weighted by Crippen LogP contribution is -2.25. The van der Waals surface area contributed by atoms with E-state index in [1.54, 1.807) is 7.11 Å². The molecule has 0 spiro atoms. The summed E-state index contributed by atoms with van der Waals surface area (Å²) in [6.07, 6.45) is 1.47. The topological polar surface area (TPSA) is 102 Å². The number of aliphatic carboxylic acids is 1. The van der Waals surface area contributed by atoms with Gasteiger partial charge in [0.2, 0.25) is 10.0 Å². The molecule has 2 N–H and O–H groups in total. The van der Waals surface area contributed by atoms with Crippen LogP contribution in [0.3, 0.4) is 0 Å². The number of benzene rings is 1. The number of carbonyl (C=O) groups is 1. The molecule has 0 aromatic heterocycles. The molecule has 0 aliphatic carbocycles. The van der Waals surface area contributed by atoms with Crippen molar-refractivity contribution in [3.05, 3.63) is 24.3 Å². The van der Waals surface area contributed by atoms with Gasteiger partial charge >= 0.3 is 5.97 Å². The van der Waals surface area contributed by atoms with Gasteiger partial charge in [-0.1, -0.05) is 0 Å². The molecule has 8 heteroatoms. The largest absolute Gasteiger partial charge is 0.482 e. The van der Waals surface area contributed by atoms with E-state index in [1.807, 2.05) is 0 Å². The van der Waals surface area contributed by atoms with Crippen LogP contribution in [0.5, 0.6) is 5.75 Å². The fraction of sp³-hybridized carbons (Fsp3) is 0.462. The van der Waals surface area contributed by atoms with Crippen molar-refractivity contribution in [2.75, 3.05) is 26.9 Å². The minimum atomic E-state index is -3.56. The predicted octanol–water partition coefficient (Wildman–Crippen LogP) is 0.855. The van der Waals surface area contributed by atoms with Crippen molar-refractivity contribution >= 4 is 16.0 Å². The summed E-state index contributed by atoms with van der Waals surface area (Å²) in [5.41, 5.74) is 0. The summed E-state index contributed by atoms with van der Waals surface area (Å²) in [5.74, 6) is -0.791. The Morgan fingerprint density at radius 3 is 2.48 bits per heavy atom. The van der Waals surface area contributed by atoms with Gasteiger partial charge in [0.15, 0.2) is 6.61 Å². The number of nitrogens with one attached hydrogen (secondary N) is 1. The van der Waals surface area contributed by atoms with Crippen molar-refractivity contribution < 1.29 is 27.8 Å². The molecule has 0 aliphatic rings. The first-order valence-electron chi connectivity index (χ1n) is 6.39. The Bertz CT molecular complexity index is 540. The maximum Gasteiger partial charge on any atom is 0.341 e. The second-order valence-corrected chi connectivity index (χ2v) is 6.02. The van der Waals surface area contributed by atoms with Gasteiger partial charge in [-0.05, 0) is 37.1 Å². The van der Waals surface area contributed by atoms with E-state index in [2.05, 4.69) is 4.72 Å². The molecule has 0 saturated carbocycles. The molecule has 0 radical (unpaired) electrons. The highest BCUT2D eigenvalue weighted by atomic mass is 32.2. The Morgan fingerprint density at radius 2 is 1.90 bits per heavy atom. The van der Waals surface area contributed by atoms with E-state index in [4.69, 9.17) is 14.6 Å². The number of hydrogen-bond donors (Lipinski definition) is 2. The van der Waals surface area contributed by atoms with Gasteiger partial charge in [0.25, 0.3) is 0 Å². The second-order valence-electron chi connectivity index (χ2n) is 4.25. The minimum Gasteiger partial charge on any atom is -0.482 e. The van der Waals surface area contributed by atoms with Crippen LogP contribution in [-0.4, -0.2) is 46.4 Å². The summed E-state index contributed by atoms with van der Waals surface area (Å²) in [6, 6.07) is 5.58. The highest BCUT2D eigenvalue weighted by Gasteiger charge is 2.13. The molecule has 1 aromatic carbocycles. The summed E-state index contributed by atoms with van der Waals surface area (Å²) < 4.78 is 36.2. The third-order valence-corrected chi connectivity index (χ3v) is 4.04. The van der Waals surface area contributed by atoms with Gasteiger partial charge < -0.3 is 14.6 Å². The molecule has 0 aliphatic heterocycles. The number of methoxy groups -OCH3 is 1. The van der Waals surface area contributed by atoms with Crippen LogP contribution in [0.25, 0.3) is 0 Å². The quantitative estimate of drug-likeness (QED) is 0.620. The average molecular weight is 317 g/mol. The Balaban J connectivity index is 2.52. The lowest BCUT2D eigenvalue weighted by molar-refractivity contribution is -0.139. The summed E-state index contributed by atoms with van der Waals surface area (Å²) in [4.78, 5) is 10.5. The van der Waals surface area contributed by atoms with Crippen LogP contribution in [0.15, 0.2) is 29.2 Å². The zero-order valence-electron chi connectivity index (χ0n) is 11.7. The van der Waals surface area contributed by atoms with Crippen LogP contribution in [0, 0.1) is 0 Å². The first-order valence-corrected chi connectivity index (χ1v) is 7.87. The Labute approximate surface area is 123 Å². The molecular formula is C13H19NO6S. The van der Waals surface area contributed by atoms with Crippen LogP contribution < -0.4 is 9.46 Å². The number of hydrogen-bond acceptors (Lipinski definition) is 5. The lowest BCUT2D eigenvalue weighted by Gasteiger charge is -2.08. The Kier molecular flexibility index (Phi) is 7.13. The predicted molar refractivity (Wildman–Crippen MR) is 75.9 cm³/mol. The second kappa shape index (κ2) is 8.60. The normalized spacial score (nSPS) is 11.3. The van der Waals surface area contributed by atoms with E-state index >= 15 is 0 Å². The molecule has 7 nitrogen and oxygen atoms in total. The van der Waals surface area contributed by atoms with Crippen LogP contribution in [0.1, 0.15) is 12.8 Å². The fourth-order valence-corrected chi connectivity index (χ4v) is 2.60. The van der Waals surface area contributed by atoms with Crippen molar-refractivity contribution in [1.82, 2.24) is 4.72 Å². The number of rotatable bonds is 10. The Hall–Kier alpha value is -1.64. The van der Waals surface area contributed by atoms with Gasteiger partial charge in [-0.3, -0.25) is 0 Å². The molecule has 0 saturated heterocycles. The minimum absolute atomic E-state index is 0.108. The maximum absolute atomic E-state index is 12.0. The van der Waals surface area contributed by atoms with E-state index in [1.165, 1.54) is 24.3 Å². The molecule has 118 valence electrons. The van der Waals surface area contributed by atoms with Gasteiger partial charge in [0, 0.05) is 20.3 Å². The van der Waals surface area contributed by atoms with Crippen LogP contribution in [0.4, 0.5) is 0 Å². The van der Waals surface area contributed by atoms with Gasteiger partial charge in [0.05, 0.1) is 4.90 Å². The van der Waals surface area contributed by atoms with Crippen molar-refractivity contribution in [1.29, 1.82) is 0 Å². The van der Waals surface area contributed by atoms with E-state index in [0.29, 0.717) is 25.3 Å². The number of unbranched alkanes of at least 4 members (excludes halogenated alkanes) is 1. The molecule has 0 fully saturated rings. The lowest BCUT2D eigenvalue weighted by atomic mass is 10.3. The van der Waals surface area contributed by atoms with Crippen molar-refractivity contribution in [3.63, 3.8) is 0 Å². The summed E-state index contributed by atoms with van der Waals surface area (Å²) in [5, 5.41) is 8.48. The standard InChI is InChI=1S/C13H19NO6S/c1-19-9-3-2-8-14-21(17,18)12-6-4-11(5-7-12)20-10-13(15)16/h4-7,14H,2-3,8-10H2,1H3,(H,15,16). The van der Waals surface area contributed by atoms with Gasteiger partial charge in [-0.15, -0.1) is 0 Å². The summed E-state index contributed by atoms with van der Waals surface area (Å²) in [6.45, 7) is 0.462. The molecule has 21 heavy (non-hydrogen) atoms. The monoisotopic (exact) mass is 317 g/mol. The third-order valence-electron chi connectivity index (χ3n) is 2.56. The summed E-state index contributed by atoms with van der Waals surface area (Å²) >= 11 is 0. The molecule has 0 bridgehead atoms. The number of ether oxygens (including phenoxy) is 2. The maximum atomic E-state index is 12.0. The van der Waals surface area contributed by atoms with Crippen molar-refractivity contribution in [2.45, 2.75) is 17.7 Å². The number of carboxylic acid groups (broad SMARTS) is 1. The molecule has 0 amide bonds. The smallest absolute Gasteiger partial charge is 0.341 e. The van der Waals surface area contributed by atoms with E-state index < -0.39 is 22.6 Å². The molecule has 0 heterocycles. The number of carboxylic acids is 1. The van der Waals surface area contributed by atoms with Crippen molar-refractivity contribution in [3.8, 4) is 5.75 Å². The zero-order valence-corrected chi connectivity index (χ0v) is 12.6. The highest BCUT2D eigenvalue weighted by Crippen LogP contribution is 2.15. The van der Waals surface area contributed by atoms with E-state index in [9.17, 15) is 13.2 Å². The van der Waals surface area contributed by atoms with E-state index in [-0.39, 0.29) is 4.90 Å². The van der Waals surface area contributed by atoms with Crippen LogP contribution in [0.2, 0.25) is 0 Å². The fourth-order valence-electron chi connectivity index (χ4n) is 1.52. The van der Waals surface area contributed by atoms with Crippen molar-refractivity contribution in [2.24, 2.45) is 0 Å². The third kappa shape index (κ3) is 6.56. The van der Waals surface area contributed by atoms with Gasteiger partial charge in [0.1, 0.15) is 5.75 Å². The zero-order chi connectivity index (χ0) is 15.7. The van der Waals surface area contributed by atoms with Crippen LogP contribution in [-0.2, 0) is 19.6 Å². The molecular weight excluding hydrogens is 298 g/mol. The van der Waals surface area contributed by atoms with Gasteiger partial charge in [-0.2, -0.15) is 0 Å². The van der Waals surface area contributed by atoms with Crippen LogP contribution >= 0.6 is 0 Å². The molecule has 0 atom stereocenters. The van der Waals surface area contributed by atoms with E-state index in [0.717, 1.165) is 6.42 Å². The first-order chi connectivity index (χ1) is 9.95. The molecule has 1 rings (SSSR count). The number of sulfonamides is 1. The average Bonchev–Trinajstić information content (AvgIpc) is 2.45. The van der Waals surface area contributed by atoms with Gasteiger partial charge in [-0.25, -0.2) is 17.9 Å². The molecule has 0 unspecified atom stereocenters. The molecule has 1 aromatic rings. The summed E-state index contributed by atoms with van der Waals surface area (Å²) in [7, 11) is -1.96. The first kappa shape index (κ1) is 17.4.